The average Bonchev–Trinajstić information content (AvgIpc) is 3.12. The van der Waals surface area contributed by atoms with Crippen molar-refractivity contribution in [1.82, 2.24) is 4.98 Å². The number of fused-ring (bicyclic) bond motifs is 5. The van der Waals surface area contributed by atoms with Crippen LogP contribution in [0.2, 0.25) is 0 Å². The van der Waals surface area contributed by atoms with E-state index in [-0.39, 0.29) is 29.6 Å². The maximum atomic E-state index is 13.3. The molecule has 1 aromatic heterocycles. The summed E-state index contributed by atoms with van der Waals surface area (Å²) < 4.78 is 34.2. The van der Waals surface area contributed by atoms with Crippen molar-refractivity contribution in [3.63, 3.8) is 0 Å². The van der Waals surface area contributed by atoms with Gasteiger partial charge in [0.1, 0.15) is 4.90 Å². The number of nitrogens with one attached hydrogen (secondary N) is 1. The third kappa shape index (κ3) is 3.70. The van der Waals surface area contributed by atoms with E-state index in [0.29, 0.717) is 21.8 Å². The molecule has 5 aromatic rings. The number of azo groups is 1. The molecule has 0 spiro atoms. The van der Waals surface area contributed by atoms with E-state index in [1.165, 1.54) is 6.07 Å². The van der Waals surface area contributed by atoms with Crippen molar-refractivity contribution in [3.05, 3.63) is 72.3 Å². The molecule has 0 saturated heterocycles. The zero-order chi connectivity index (χ0) is 21.8. The average molecular weight is 453 g/mol. The zero-order valence-electron chi connectivity index (χ0n) is 17.3. The molecule has 0 radical (unpaired) electrons. The Balaban J connectivity index is 0.00000245. The van der Waals surface area contributed by atoms with Gasteiger partial charge in [-0.25, -0.2) is 0 Å². The molecule has 154 valence electrons. The molecule has 2 N–H and O–H groups in total. The van der Waals surface area contributed by atoms with E-state index in [9.17, 15) is 18.1 Å². The number of H-pyrrole nitrogens is 1. The normalized spacial score (nSPS) is 12.1. The Kier molecular flexibility index (Phi) is 5.83. The number of nitrogens with zero attached hydrogens (tertiary/aromatic N) is 2. The molecular weight excluding hydrogens is 437 g/mol. The second-order valence-corrected chi connectivity index (χ2v) is 8.66. The van der Waals surface area contributed by atoms with Crippen molar-refractivity contribution in [1.29, 1.82) is 0 Å². The number of para-hydroxylation sites is 1. The van der Waals surface area contributed by atoms with E-state index in [0.717, 1.165) is 22.0 Å². The van der Waals surface area contributed by atoms with Gasteiger partial charge in [0.15, 0.2) is 0 Å². The van der Waals surface area contributed by atoms with Crippen molar-refractivity contribution in [3.8, 4) is 5.75 Å². The standard InChI is InChI=1S/C23H17N3O4S.Na/c1-13-6-2-4-8-17(13)25-26-22-20(31(28,29)30)12-16-14(23(22)27)10-11-19-21(16)15-7-3-5-9-18(15)24-19;/h2-12,24,27H,1H3,(H,28,29,30);/q;+1/p-1. The van der Waals surface area contributed by atoms with Crippen LogP contribution in [0.5, 0.6) is 5.75 Å². The van der Waals surface area contributed by atoms with Gasteiger partial charge in [0.05, 0.1) is 11.4 Å². The van der Waals surface area contributed by atoms with Crippen molar-refractivity contribution >= 4 is 54.1 Å². The minimum atomic E-state index is -4.73. The van der Waals surface area contributed by atoms with Gasteiger partial charge in [-0.15, -0.1) is 5.11 Å². The maximum Gasteiger partial charge on any atom is 1.00 e. The van der Waals surface area contributed by atoms with Crippen LogP contribution in [0.1, 0.15) is 5.56 Å². The zero-order valence-corrected chi connectivity index (χ0v) is 20.1. The van der Waals surface area contributed by atoms with Gasteiger partial charge in [0.2, 0.25) is 0 Å². The van der Waals surface area contributed by atoms with Gasteiger partial charge in [-0.05, 0) is 47.5 Å². The summed E-state index contributed by atoms with van der Waals surface area (Å²) in [5, 5.41) is 23.5. The van der Waals surface area contributed by atoms with Crippen LogP contribution in [0.25, 0.3) is 32.6 Å². The Morgan fingerprint density at radius 1 is 0.875 bits per heavy atom. The largest absolute Gasteiger partial charge is 1.00 e. The van der Waals surface area contributed by atoms with E-state index < -0.39 is 26.5 Å². The monoisotopic (exact) mass is 453 g/mol. The summed E-state index contributed by atoms with van der Waals surface area (Å²) in [6.07, 6.45) is 0. The summed E-state index contributed by atoms with van der Waals surface area (Å²) in [5.74, 6) is -0.616. The van der Waals surface area contributed by atoms with Crippen LogP contribution in [0.3, 0.4) is 0 Å². The van der Waals surface area contributed by atoms with E-state index in [4.69, 9.17) is 0 Å². The fourth-order valence-electron chi connectivity index (χ4n) is 3.83. The molecule has 0 atom stereocenters. The molecule has 0 aliphatic rings. The summed E-state index contributed by atoms with van der Waals surface area (Å²) in [7, 11) is -4.73. The number of aryl methyl sites for hydroxylation is 1. The fourth-order valence-corrected chi connectivity index (χ4v) is 4.47. The quantitative estimate of drug-likeness (QED) is 0.248. The van der Waals surface area contributed by atoms with Gasteiger partial charge in [0.25, 0.3) is 10.1 Å². The van der Waals surface area contributed by atoms with Crippen molar-refractivity contribution in [2.45, 2.75) is 11.8 Å². The van der Waals surface area contributed by atoms with Crippen LogP contribution in [-0.2, 0) is 10.1 Å². The molecule has 0 aliphatic carbocycles. The van der Waals surface area contributed by atoms with E-state index in [2.05, 4.69) is 15.2 Å². The Morgan fingerprint density at radius 3 is 2.34 bits per heavy atom. The van der Waals surface area contributed by atoms with Crippen LogP contribution >= 0.6 is 0 Å². The van der Waals surface area contributed by atoms with Crippen molar-refractivity contribution in [2.24, 2.45) is 10.2 Å². The molecule has 0 fully saturated rings. The number of aromatic amines is 1. The first-order valence-corrected chi connectivity index (χ1v) is 10.9. The summed E-state index contributed by atoms with van der Waals surface area (Å²) in [6, 6.07) is 19.3. The first kappa shape index (κ1) is 22.4. The van der Waals surface area contributed by atoms with E-state index in [1.54, 1.807) is 24.3 Å². The molecule has 9 heteroatoms. The van der Waals surface area contributed by atoms with Crippen LogP contribution in [0, 0.1) is 6.92 Å². The molecule has 0 saturated carbocycles. The van der Waals surface area contributed by atoms with Crippen LogP contribution < -0.4 is 34.7 Å². The molecule has 0 bridgehead atoms. The van der Waals surface area contributed by atoms with Gasteiger partial charge in [-0.2, -0.15) is 13.5 Å². The Morgan fingerprint density at radius 2 is 1.59 bits per heavy atom. The first-order valence-electron chi connectivity index (χ1n) is 9.46. The summed E-state index contributed by atoms with van der Waals surface area (Å²) >= 11 is 0. The molecule has 7 nitrogen and oxygen atoms in total. The van der Waals surface area contributed by atoms with Crippen molar-refractivity contribution < 1.29 is 47.6 Å². The third-order valence-electron chi connectivity index (χ3n) is 5.33. The summed E-state index contributed by atoms with van der Waals surface area (Å²) in [6.45, 7) is 1.82. The summed E-state index contributed by atoms with van der Waals surface area (Å²) in [5.41, 5.74) is 2.50. The van der Waals surface area contributed by atoms with Crippen LogP contribution in [0.15, 0.2) is 81.9 Å². The van der Waals surface area contributed by atoms with E-state index >= 15 is 0 Å². The van der Waals surface area contributed by atoms with Gasteiger partial charge < -0.3 is 10.1 Å². The Hall–Kier alpha value is -2.75. The van der Waals surface area contributed by atoms with Crippen LogP contribution in [-0.4, -0.2) is 18.0 Å². The minimum absolute atomic E-state index is 0. The number of benzene rings is 4. The Labute approximate surface area is 205 Å². The topological polar surface area (TPSA) is 118 Å². The molecule has 4 aromatic carbocycles. The Bertz CT molecular complexity index is 1640. The molecule has 0 aliphatic heterocycles. The predicted octanol–water partition coefficient (Wildman–Crippen LogP) is 2.52. The molecular formula is C23H16N3NaO4S. The fraction of sp³-hybridized carbons (Fsp3) is 0.0435. The molecule has 5 rings (SSSR count). The number of rotatable bonds is 3. The van der Waals surface area contributed by atoms with Gasteiger partial charge in [-0.3, -0.25) is 4.55 Å². The molecule has 32 heavy (non-hydrogen) atoms. The third-order valence-corrected chi connectivity index (χ3v) is 6.20. The number of hydrogen-bond donors (Lipinski definition) is 2. The number of aromatic nitrogens is 1. The summed E-state index contributed by atoms with van der Waals surface area (Å²) in [4.78, 5) is 2.69. The SMILES string of the molecule is Cc1ccccc1N=Nc1c(S(=O)(=O)O)cc2c(ccc3[nH]c4ccccc4c32)c1[O-].[Na+]. The molecule has 0 unspecified atom stereocenters. The molecule has 1 heterocycles. The first-order chi connectivity index (χ1) is 14.8. The molecule has 0 amide bonds. The smallest absolute Gasteiger partial charge is 0.871 e. The van der Waals surface area contributed by atoms with Gasteiger partial charge in [-0.1, -0.05) is 48.2 Å². The second-order valence-electron chi connectivity index (χ2n) is 7.27. The number of hydrogen-bond acceptors (Lipinski definition) is 5. The van der Waals surface area contributed by atoms with Gasteiger partial charge >= 0.3 is 29.6 Å². The van der Waals surface area contributed by atoms with Crippen LogP contribution in [0.4, 0.5) is 11.4 Å². The van der Waals surface area contributed by atoms with E-state index in [1.807, 2.05) is 43.3 Å². The van der Waals surface area contributed by atoms with Crippen molar-refractivity contribution in [2.75, 3.05) is 0 Å². The second kappa shape index (κ2) is 8.31. The maximum absolute atomic E-state index is 13.3. The van der Waals surface area contributed by atoms with Gasteiger partial charge in [0, 0.05) is 21.8 Å². The predicted molar refractivity (Wildman–Crippen MR) is 118 cm³/mol. The minimum Gasteiger partial charge on any atom is -0.871 e.